The largest absolute Gasteiger partial charge is 0.496 e. The number of carbonyl (C=O) groups is 2. The summed E-state index contributed by atoms with van der Waals surface area (Å²) in [6.07, 6.45) is 0. The van der Waals surface area contributed by atoms with Crippen molar-refractivity contribution in [2.24, 2.45) is 0 Å². The first-order valence-electron chi connectivity index (χ1n) is 7.00. The SMILES string of the molecule is COc1cc(NC(=O)c2cc([N+](=O)[O-])cc([N+](=O)[O-])c2)c(Cl)cc1C(=O)O. The molecule has 0 fully saturated rings. The molecule has 140 valence electrons. The highest BCUT2D eigenvalue weighted by Crippen LogP contribution is 2.32. The van der Waals surface area contributed by atoms with E-state index in [0.717, 1.165) is 24.3 Å². The lowest BCUT2D eigenvalue weighted by atomic mass is 10.1. The van der Waals surface area contributed by atoms with Crippen molar-refractivity contribution in [1.29, 1.82) is 0 Å². The van der Waals surface area contributed by atoms with Crippen molar-refractivity contribution < 1.29 is 29.3 Å². The number of benzene rings is 2. The van der Waals surface area contributed by atoms with Gasteiger partial charge in [0.1, 0.15) is 11.3 Å². The third-order valence-electron chi connectivity index (χ3n) is 3.35. The Bertz CT molecular complexity index is 944. The summed E-state index contributed by atoms with van der Waals surface area (Å²) in [5.74, 6) is -2.32. The van der Waals surface area contributed by atoms with E-state index in [9.17, 15) is 29.8 Å². The number of aromatic carboxylic acids is 1. The number of carboxylic acid groups (broad SMARTS) is 1. The summed E-state index contributed by atoms with van der Waals surface area (Å²) in [6, 6.07) is 4.64. The number of amides is 1. The Morgan fingerprint density at radius 2 is 1.63 bits per heavy atom. The van der Waals surface area contributed by atoms with Crippen LogP contribution in [0.1, 0.15) is 20.7 Å². The van der Waals surface area contributed by atoms with Gasteiger partial charge in [-0.25, -0.2) is 4.79 Å². The highest BCUT2D eigenvalue weighted by molar-refractivity contribution is 6.34. The number of ether oxygens (including phenoxy) is 1. The predicted octanol–water partition coefficient (Wildman–Crippen LogP) is 3.12. The van der Waals surface area contributed by atoms with Gasteiger partial charge in [0, 0.05) is 18.2 Å². The number of halogens is 1. The summed E-state index contributed by atoms with van der Waals surface area (Å²) < 4.78 is 4.92. The van der Waals surface area contributed by atoms with Crippen LogP contribution < -0.4 is 10.1 Å². The number of carbonyl (C=O) groups excluding carboxylic acids is 1. The van der Waals surface area contributed by atoms with Gasteiger partial charge in [-0.3, -0.25) is 25.0 Å². The molecule has 2 rings (SSSR count). The molecule has 11 nitrogen and oxygen atoms in total. The highest BCUT2D eigenvalue weighted by Gasteiger charge is 2.21. The van der Waals surface area contributed by atoms with Crippen molar-refractivity contribution in [2.45, 2.75) is 0 Å². The average Bonchev–Trinajstić information content (AvgIpc) is 2.62. The van der Waals surface area contributed by atoms with Gasteiger partial charge in [0.05, 0.1) is 39.3 Å². The second kappa shape index (κ2) is 7.66. The minimum atomic E-state index is -1.30. The summed E-state index contributed by atoms with van der Waals surface area (Å²) in [5, 5.41) is 33.1. The molecule has 12 heteroatoms. The molecule has 0 aliphatic carbocycles. The van der Waals surface area contributed by atoms with Crippen molar-refractivity contribution in [3.63, 3.8) is 0 Å². The fraction of sp³-hybridized carbons (Fsp3) is 0.0667. The van der Waals surface area contributed by atoms with Crippen molar-refractivity contribution in [1.82, 2.24) is 0 Å². The molecule has 0 aliphatic rings. The van der Waals surface area contributed by atoms with Crippen molar-refractivity contribution in [3.8, 4) is 5.75 Å². The van der Waals surface area contributed by atoms with E-state index in [-0.39, 0.29) is 27.6 Å². The highest BCUT2D eigenvalue weighted by atomic mass is 35.5. The molecular formula is C15H10ClN3O8. The van der Waals surface area contributed by atoms with Crippen molar-refractivity contribution in [2.75, 3.05) is 12.4 Å². The fourth-order valence-corrected chi connectivity index (χ4v) is 2.33. The summed E-state index contributed by atoms with van der Waals surface area (Å²) in [5.41, 5.74) is -1.92. The second-order valence-electron chi connectivity index (χ2n) is 5.04. The van der Waals surface area contributed by atoms with E-state index in [0.29, 0.717) is 6.07 Å². The first kappa shape index (κ1) is 19.6. The summed E-state index contributed by atoms with van der Waals surface area (Å²) >= 11 is 5.95. The topological polar surface area (TPSA) is 162 Å². The Balaban J connectivity index is 2.44. The maximum Gasteiger partial charge on any atom is 0.339 e. The number of nitrogens with zero attached hydrogens (tertiary/aromatic N) is 2. The van der Waals surface area contributed by atoms with Crippen molar-refractivity contribution in [3.05, 3.63) is 66.7 Å². The Labute approximate surface area is 155 Å². The number of carboxylic acids is 1. The van der Waals surface area contributed by atoms with Gasteiger partial charge in [-0.05, 0) is 6.07 Å². The van der Waals surface area contributed by atoms with Crippen LogP contribution in [0.5, 0.6) is 5.75 Å². The molecule has 0 aromatic heterocycles. The van der Waals surface area contributed by atoms with E-state index in [4.69, 9.17) is 21.4 Å². The van der Waals surface area contributed by atoms with Gasteiger partial charge in [0.25, 0.3) is 17.3 Å². The van der Waals surface area contributed by atoms with Gasteiger partial charge in [-0.15, -0.1) is 0 Å². The molecule has 0 atom stereocenters. The molecular weight excluding hydrogens is 386 g/mol. The van der Waals surface area contributed by atoms with E-state index >= 15 is 0 Å². The molecule has 0 radical (unpaired) electrons. The summed E-state index contributed by atoms with van der Waals surface area (Å²) in [6.45, 7) is 0. The number of nitrogens with one attached hydrogen (secondary N) is 1. The zero-order chi connectivity index (χ0) is 20.3. The Hall–Kier alpha value is -3.73. The Kier molecular flexibility index (Phi) is 5.56. The molecule has 0 heterocycles. The van der Waals surface area contributed by atoms with Crippen LogP contribution in [0.15, 0.2) is 30.3 Å². The zero-order valence-corrected chi connectivity index (χ0v) is 14.2. The lowest BCUT2D eigenvalue weighted by molar-refractivity contribution is -0.394. The minimum absolute atomic E-state index is 0.0438. The normalized spacial score (nSPS) is 10.1. The van der Waals surface area contributed by atoms with E-state index in [1.54, 1.807) is 0 Å². The lowest BCUT2D eigenvalue weighted by Gasteiger charge is -2.11. The summed E-state index contributed by atoms with van der Waals surface area (Å²) in [4.78, 5) is 43.6. The van der Waals surface area contributed by atoms with E-state index < -0.39 is 33.1 Å². The molecule has 0 saturated heterocycles. The van der Waals surface area contributed by atoms with Gasteiger partial charge < -0.3 is 15.2 Å². The van der Waals surface area contributed by atoms with Gasteiger partial charge in [-0.2, -0.15) is 0 Å². The molecule has 0 saturated carbocycles. The first-order chi connectivity index (χ1) is 12.6. The number of rotatable bonds is 6. The molecule has 0 aliphatic heterocycles. The Morgan fingerprint density at radius 3 is 2.07 bits per heavy atom. The van der Waals surface area contributed by atoms with E-state index in [2.05, 4.69) is 5.32 Å². The van der Waals surface area contributed by atoms with E-state index in [1.807, 2.05) is 0 Å². The maximum atomic E-state index is 12.4. The quantitative estimate of drug-likeness (QED) is 0.556. The van der Waals surface area contributed by atoms with Crippen molar-refractivity contribution >= 4 is 40.5 Å². The molecule has 27 heavy (non-hydrogen) atoms. The maximum absolute atomic E-state index is 12.4. The van der Waals surface area contributed by atoms with E-state index in [1.165, 1.54) is 7.11 Å². The third kappa shape index (κ3) is 4.27. The average molecular weight is 396 g/mol. The van der Waals surface area contributed by atoms with Crippen LogP contribution in [-0.2, 0) is 0 Å². The number of nitro benzene ring substituents is 2. The summed E-state index contributed by atoms with van der Waals surface area (Å²) in [7, 11) is 1.21. The van der Waals surface area contributed by atoms with Crippen LogP contribution in [-0.4, -0.2) is 33.9 Å². The predicted molar refractivity (Wildman–Crippen MR) is 92.7 cm³/mol. The fourth-order valence-electron chi connectivity index (χ4n) is 2.12. The van der Waals surface area contributed by atoms with Gasteiger partial charge >= 0.3 is 5.97 Å². The molecule has 0 spiro atoms. The van der Waals surface area contributed by atoms with Crippen LogP contribution in [0, 0.1) is 20.2 Å². The number of hydrogen-bond donors (Lipinski definition) is 2. The van der Waals surface area contributed by atoms with Crippen LogP contribution in [0.2, 0.25) is 5.02 Å². The number of non-ortho nitro benzene ring substituents is 2. The smallest absolute Gasteiger partial charge is 0.339 e. The molecule has 2 aromatic carbocycles. The monoisotopic (exact) mass is 395 g/mol. The lowest BCUT2D eigenvalue weighted by Crippen LogP contribution is -2.14. The second-order valence-corrected chi connectivity index (χ2v) is 5.45. The zero-order valence-electron chi connectivity index (χ0n) is 13.5. The van der Waals surface area contributed by atoms with Crippen LogP contribution in [0.25, 0.3) is 0 Å². The first-order valence-corrected chi connectivity index (χ1v) is 7.38. The molecule has 1 amide bonds. The standard InChI is InChI=1S/C15H10ClN3O8/c1-27-13-6-12(11(16)5-10(13)15(21)22)17-14(20)7-2-8(18(23)24)4-9(3-7)19(25)26/h2-6H,1H3,(H,17,20)(H,21,22). The number of methoxy groups -OCH3 is 1. The number of nitro groups is 2. The van der Waals surface area contributed by atoms with Crippen LogP contribution >= 0.6 is 11.6 Å². The Morgan fingerprint density at radius 1 is 1.07 bits per heavy atom. The number of anilines is 1. The van der Waals surface area contributed by atoms with Gasteiger partial charge in [-0.1, -0.05) is 11.6 Å². The molecule has 0 unspecified atom stereocenters. The third-order valence-corrected chi connectivity index (χ3v) is 3.67. The molecule has 2 N–H and O–H groups in total. The number of hydrogen-bond acceptors (Lipinski definition) is 7. The molecule has 0 bridgehead atoms. The van der Waals surface area contributed by atoms with Crippen LogP contribution in [0.3, 0.4) is 0 Å². The van der Waals surface area contributed by atoms with Crippen LogP contribution in [0.4, 0.5) is 17.1 Å². The van der Waals surface area contributed by atoms with Gasteiger partial charge in [0.2, 0.25) is 0 Å². The van der Waals surface area contributed by atoms with Gasteiger partial charge in [0.15, 0.2) is 0 Å². The molecule has 2 aromatic rings. The minimum Gasteiger partial charge on any atom is -0.496 e.